The van der Waals surface area contributed by atoms with Crippen molar-refractivity contribution in [2.45, 2.75) is 26.1 Å². The Bertz CT molecular complexity index is 87.3. The third kappa shape index (κ3) is 2.33. The van der Waals surface area contributed by atoms with Crippen LogP contribution >= 0.6 is 0 Å². The molecule has 0 aromatic heterocycles. The number of nitrogens with zero attached hydrogens (tertiary/aromatic N) is 1. The Morgan fingerprint density at radius 2 is 2.00 bits per heavy atom. The summed E-state index contributed by atoms with van der Waals surface area (Å²) in [6, 6.07) is 0. The highest BCUT2D eigenvalue weighted by atomic mass is 15.1. The van der Waals surface area contributed by atoms with Crippen LogP contribution in [0, 0.1) is 5.92 Å². The Labute approximate surface area is 65.2 Å². The fourth-order valence-corrected chi connectivity index (χ4v) is 1.47. The highest BCUT2D eigenvalue weighted by Crippen LogP contribution is 2.15. The summed E-state index contributed by atoms with van der Waals surface area (Å²) in [5.74, 6) is 0.939. The number of likely N-dealkylation sites (tertiary alicyclic amines) is 1. The molecule has 0 unspecified atom stereocenters. The van der Waals surface area contributed by atoms with Crippen LogP contribution in [0.4, 0.5) is 0 Å². The molecule has 0 aliphatic carbocycles. The Morgan fingerprint density at radius 3 is 2.50 bits per heavy atom. The van der Waals surface area contributed by atoms with Gasteiger partial charge in [-0.05, 0) is 38.4 Å². The van der Waals surface area contributed by atoms with E-state index in [1.807, 2.05) is 0 Å². The molecular weight excluding hydrogens is 121 g/mol. The highest BCUT2D eigenvalue weighted by Gasteiger charge is 2.13. The predicted molar refractivity (Wildman–Crippen MR) is 45.4 cm³/mol. The summed E-state index contributed by atoms with van der Waals surface area (Å²) in [6.45, 7) is 5.95. The van der Waals surface area contributed by atoms with Crippen LogP contribution in [0.1, 0.15) is 19.8 Å². The number of hydrogen-bond donors (Lipinski definition) is 0. The van der Waals surface area contributed by atoms with Gasteiger partial charge in [0.25, 0.3) is 0 Å². The maximum Gasteiger partial charge on any atom is 0.0670 e. The summed E-state index contributed by atoms with van der Waals surface area (Å²) in [7, 11) is 5.45. The van der Waals surface area contributed by atoms with Gasteiger partial charge in [-0.1, -0.05) is 13.2 Å². The van der Waals surface area contributed by atoms with E-state index < -0.39 is 0 Å². The summed E-state index contributed by atoms with van der Waals surface area (Å²) in [5, 5.41) is 0. The van der Waals surface area contributed by atoms with Crippen molar-refractivity contribution in [2.75, 3.05) is 19.6 Å². The maximum atomic E-state index is 5.45. The molecule has 0 bridgehead atoms. The van der Waals surface area contributed by atoms with Crippen LogP contribution in [0.15, 0.2) is 0 Å². The van der Waals surface area contributed by atoms with Gasteiger partial charge in [0.15, 0.2) is 0 Å². The van der Waals surface area contributed by atoms with E-state index in [4.69, 9.17) is 7.85 Å². The van der Waals surface area contributed by atoms with Crippen molar-refractivity contribution in [1.29, 1.82) is 0 Å². The van der Waals surface area contributed by atoms with Crippen LogP contribution in [-0.2, 0) is 0 Å². The van der Waals surface area contributed by atoms with Crippen molar-refractivity contribution in [3.63, 3.8) is 0 Å². The lowest BCUT2D eigenvalue weighted by Gasteiger charge is -2.29. The van der Waals surface area contributed by atoms with Gasteiger partial charge in [-0.3, -0.25) is 0 Å². The summed E-state index contributed by atoms with van der Waals surface area (Å²) in [6.07, 6.45) is 3.54. The van der Waals surface area contributed by atoms with E-state index in [0.717, 1.165) is 18.8 Å². The lowest BCUT2D eigenvalue weighted by atomic mass is 9.97. The van der Waals surface area contributed by atoms with Gasteiger partial charge in [0.2, 0.25) is 0 Å². The zero-order valence-electron chi connectivity index (χ0n) is 6.84. The van der Waals surface area contributed by atoms with Crippen LogP contribution in [0.25, 0.3) is 0 Å². The van der Waals surface area contributed by atoms with Gasteiger partial charge in [0, 0.05) is 0 Å². The largest absolute Gasteiger partial charge is 0.304 e. The van der Waals surface area contributed by atoms with Gasteiger partial charge in [0.1, 0.15) is 0 Å². The average molecular weight is 137 g/mol. The molecule has 1 aliphatic rings. The fraction of sp³-hybridized carbons (Fsp3) is 1.00. The fourth-order valence-electron chi connectivity index (χ4n) is 1.47. The standard InChI is InChI=1S/C8H16BN/c1-8-2-5-10(6-3-8)7-4-9/h8H,2-7H2,1H3. The molecule has 0 spiro atoms. The second-order valence-electron chi connectivity index (χ2n) is 3.31. The van der Waals surface area contributed by atoms with Gasteiger partial charge < -0.3 is 4.90 Å². The second-order valence-corrected chi connectivity index (χ2v) is 3.31. The van der Waals surface area contributed by atoms with Gasteiger partial charge in [-0.15, -0.1) is 0 Å². The Kier molecular flexibility index (Phi) is 3.27. The van der Waals surface area contributed by atoms with Crippen LogP contribution in [-0.4, -0.2) is 32.4 Å². The predicted octanol–water partition coefficient (Wildman–Crippen LogP) is 1.31. The molecule has 2 heteroatoms. The van der Waals surface area contributed by atoms with Crippen molar-refractivity contribution in [3.05, 3.63) is 0 Å². The molecule has 0 amide bonds. The summed E-state index contributed by atoms with van der Waals surface area (Å²) >= 11 is 0. The van der Waals surface area contributed by atoms with Crippen LogP contribution < -0.4 is 0 Å². The maximum absolute atomic E-state index is 5.45. The van der Waals surface area contributed by atoms with Gasteiger partial charge in [0.05, 0.1) is 7.85 Å². The van der Waals surface area contributed by atoms with Crippen molar-refractivity contribution >= 4 is 7.85 Å². The van der Waals surface area contributed by atoms with Crippen molar-refractivity contribution in [3.8, 4) is 0 Å². The number of rotatable bonds is 2. The third-order valence-corrected chi connectivity index (χ3v) is 2.32. The number of piperidine rings is 1. The van der Waals surface area contributed by atoms with E-state index in [1.165, 1.54) is 25.9 Å². The van der Waals surface area contributed by atoms with E-state index in [2.05, 4.69) is 11.8 Å². The summed E-state index contributed by atoms with van der Waals surface area (Å²) in [5.41, 5.74) is 0. The first-order valence-electron chi connectivity index (χ1n) is 4.25. The molecule has 10 heavy (non-hydrogen) atoms. The molecular formula is C8H16BN. The lowest BCUT2D eigenvalue weighted by Crippen LogP contribution is -2.33. The molecule has 1 heterocycles. The highest BCUT2D eigenvalue weighted by molar-refractivity contribution is 6.08. The summed E-state index contributed by atoms with van der Waals surface area (Å²) in [4.78, 5) is 2.46. The molecule has 2 radical (unpaired) electrons. The second kappa shape index (κ2) is 4.02. The molecule has 1 rings (SSSR count). The van der Waals surface area contributed by atoms with Crippen molar-refractivity contribution in [2.24, 2.45) is 5.92 Å². The van der Waals surface area contributed by atoms with E-state index >= 15 is 0 Å². The Morgan fingerprint density at radius 1 is 1.40 bits per heavy atom. The molecule has 1 fully saturated rings. The molecule has 56 valence electrons. The quantitative estimate of drug-likeness (QED) is 0.518. The molecule has 0 saturated carbocycles. The van der Waals surface area contributed by atoms with Gasteiger partial charge in [-0.25, -0.2) is 0 Å². The molecule has 0 aromatic rings. The Hall–Kier alpha value is 0.0249. The zero-order chi connectivity index (χ0) is 7.40. The van der Waals surface area contributed by atoms with Gasteiger partial charge in [-0.2, -0.15) is 0 Å². The first-order chi connectivity index (χ1) is 4.83. The molecule has 1 saturated heterocycles. The minimum absolute atomic E-state index is 0.814. The molecule has 1 aliphatic heterocycles. The smallest absolute Gasteiger partial charge is 0.0670 e. The first kappa shape index (κ1) is 8.12. The Balaban J connectivity index is 2.13. The molecule has 0 aromatic carbocycles. The monoisotopic (exact) mass is 137 g/mol. The van der Waals surface area contributed by atoms with E-state index in [0.29, 0.717) is 0 Å². The summed E-state index contributed by atoms with van der Waals surface area (Å²) < 4.78 is 0. The van der Waals surface area contributed by atoms with E-state index in [9.17, 15) is 0 Å². The normalized spacial score (nSPS) is 23.3. The van der Waals surface area contributed by atoms with E-state index in [-0.39, 0.29) is 0 Å². The lowest BCUT2D eigenvalue weighted by molar-refractivity contribution is 0.201. The van der Waals surface area contributed by atoms with E-state index in [1.54, 1.807) is 0 Å². The topological polar surface area (TPSA) is 3.24 Å². The molecule has 0 N–H and O–H groups in total. The minimum atomic E-state index is 0.814. The zero-order valence-corrected chi connectivity index (χ0v) is 6.84. The average Bonchev–Trinajstić information content (AvgIpc) is 1.95. The molecule has 1 nitrogen and oxygen atoms in total. The number of hydrogen-bond acceptors (Lipinski definition) is 1. The van der Waals surface area contributed by atoms with Crippen molar-refractivity contribution in [1.82, 2.24) is 4.90 Å². The third-order valence-electron chi connectivity index (χ3n) is 2.32. The molecule has 0 atom stereocenters. The SMILES string of the molecule is [B]CCN1CCC(C)CC1. The minimum Gasteiger partial charge on any atom is -0.304 e. The van der Waals surface area contributed by atoms with Gasteiger partial charge >= 0.3 is 0 Å². The first-order valence-corrected chi connectivity index (χ1v) is 4.25. The van der Waals surface area contributed by atoms with Crippen LogP contribution in [0.5, 0.6) is 0 Å². The van der Waals surface area contributed by atoms with Crippen molar-refractivity contribution < 1.29 is 0 Å². The van der Waals surface area contributed by atoms with Crippen LogP contribution in [0.3, 0.4) is 0 Å². The van der Waals surface area contributed by atoms with Crippen LogP contribution in [0.2, 0.25) is 6.32 Å².